The van der Waals surface area contributed by atoms with Crippen LogP contribution in [0.3, 0.4) is 0 Å². The molecule has 0 spiro atoms. The molecule has 140 valence electrons. The number of carbonyl (C=O) groups excluding carboxylic acids is 1. The highest BCUT2D eigenvalue weighted by atomic mass is 32.2. The van der Waals surface area contributed by atoms with Crippen LogP contribution in [0.2, 0.25) is 0 Å². The predicted molar refractivity (Wildman–Crippen MR) is 94.8 cm³/mol. The summed E-state index contributed by atoms with van der Waals surface area (Å²) >= 11 is 0. The fourth-order valence-corrected chi connectivity index (χ4v) is 4.44. The van der Waals surface area contributed by atoms with E-state index in [4.69, 9.17) is 4.74 Å². The zero-order chi connectivity index (χ0) is 17.8. The molecule has 7 heteroatoms. The van der Waals surface area contributed by atoms with Crippen molar-refractivity contribution in [1.82, 2.24) is 10.2 Å². The monoisotopic (exact) mass is 360 g/mol. The van der Waals surface area contributed by atoms with Crippen molar-refractivity contribution in [3.05, 3.63) is 0 Å². The minimum Gasteiger partial charge on any atom is -0.379 e. The van der Waals surface area contributed by atoms with Crippen LogP contribution in [0.25, 0.3) is 0 Å². The fourth-order valence-electron chi connectivity index (χ4n) is 3.56. The molecule has 1 heterocycles. The molecule has 0 bridgehead atoms. The molecule has 0 aromatic heterocycles. The van der Waals surface area contributed by atoms with E-state index in [-0.39, 0.29) is 11.4 Å². The van der Waals surface area contributed by atoms with Gasteiger partial charge in [-0.05, 0) is 33.6 Å². The second-order valence-electron chi connectivity index (χ2n) is 8.03. The Kier molecular flexibility index (Phi) is 6.31. The maximum Gasteiger partial charge on any atom is 0.235 e. The van der Waals surface area contributed by atoms with Crippen LogP contribution in [-0.4, -0.2) is 68.1 Å². The van der Waals surface area contributed by atoms with Crippen molar-refractivity contribution in [3.8, 4) is 0 Å². The van der Waals surface area contributed by atoms with E-state index in [1.165, 1.54) is 6.42 Å². The van der Waals surface area contributed by atoms with Gasteiger partial charge in [-0.3, -0.25) is 9.69 Å². The predicted octanol–water partition coefficient (Wildman–Crippen LogP) is 1.35. The number of sulfone groups is 1. The highest BCUT2D eigenvalue weighted by Crippen LogP contribution is 2.33. The molecule has 2 aliphatic rings. The number of hydrogen-bond donors (Lipinski definition) is 1. The highest BCUT2D eigenvalue weighted by Gasteiger charge is 2.39. The summed E-state index contributed by atoms with van der Waals surface area (Å²) in [5, 5.41) is 2.92. The van der Waals surface area contributed by atoms with Crippen molar-refractivity contribution in [2.24, 2.45) is 0 Å². The Morgan fingerprint density at radius 1 is 1.12 bits per heavy atom. The second-order valence-corrected chi connectivity index (χ2v) is 10.8. The topological polar surface area (TPSA) is 75.7 Å². The normalized spacial score (nSPS) is 23.0. The van der Waals surface area contributed by atoms with E-state index >= 15 is 0 Å². The largest absolute Gasteiger partial charge is 0.379 e. The third-order valence-corrected chi connectivity index (χ3v) is 7.84. The van der Waals surface area contributed by atoms with Crippen molar-refractivity contribution in [1.29, 1.82) is 0 Å². The van der Waals surface area contributed by atoms with Gasteiger partial charge in [0.2, 0.25) is 5.91 Å². The van der Waals surface area contributed by atoms with Gasteiger partial charge in [0.15, 0.2) is 9.84 Å². The first-order valence-electron chi connectivity index (χ1n) is 8.98. The quantitative estimate of drug-likeness (QED) is 0.801. The average Bonchev–Trinajstić information content (AvgIpc) is 2.53. The summed E-state index contributed by atoms with van der Waals surface area (Å²) in [5.41, 5.74) is -0.0385. The van der Waals surface area contributed by atoms with Crippen LogP contribution in [0.1, 0.15) is 52.9 Å². The first-order chi connectivity index (χ1) is 11.2. The van der Waals surface area contributed by atoms with E-state index in [1.54, 1.807) is 20.8 Å². The number of morpholine rings is 1. The maximum absolute atomic E-state index is 12.2. The van der Waals surface area contributed by atoms with E-state index in [2.05, 4.69) is 10.2 Å². The van der Waals surface area contributed by atoms with Crippen LogP contribution in [0, 0.1) is 0 Å². The van der Waals surface area contributed by atoms with Gasteiger partial charge in [0.25, 0.3) is 0 Å². The molecule has 1 N–H and O–H groups in total. The molecule has 2 fully saturated rings. The van der Waals surface area contributed by atoms with Crippen molar-refractivity contribution in [3.63, 3.8) is 0 Å². The Labute approximate surface area is 146 Å². The van der Waals surface area contributed by atoms with E-state index < -0.39 is 20.3 Å². The number of nitrogens with one attached hydrogen (secondary N) is 1. The van der Waals surface area contributed by atoms with Gasteiger partial charge in [0, 0.05) is 25.2 Å². The van der Waals surface area contributed by atoms with Crippen molar-refractivity contribution in [2.75, 3.05) is 38.6 Å². The SMILES string of the molecule is CC(C)(C)S(=O)(=O)CC(=O)NCC1(N2CCOCC2)CCCCC1. The fraction of sp³-hybridized carbons (Fsp3) is 0.941. The molecule has 0 aromatic carbocycles. The third-order valence-electron chi connectivity index (χ3n) is 5.33. The van der Waals surface area contributed by atoms with Crippen molar-refractivity contribution in [2.45, 2.75) is 63.2 Å². The first-order valence-corrected chi connectivity index (χ1v) is 10.6. The third kappa shape index (κ3) is 4.70. The summed E-state index contributed by atoms with van der Waals surface area (Å²) < 4.78 is 29.0. The molecule has 1 amide bonds. The van der Waals surface area contributed by atoms with Crippen LogP contribution in [0.15, 0.2) is 0 Å². The minimum atomic E-state index is -3.44. The summed E-state index contributed by atoms with van der Waals surface area (Å²) in [6.45, 7) is 8.66. The number of hydrogen-bond acceptors (Lipinski definition) is 5. The highest BCUT2D eigenvalue weighted by molar-refractivity contribution is 7.93. The van der Waals surface area contributed by atoms with E-state index in [1.807, 2.05) is 0 Å². The van der Waals surface area contributed by atoms with Gasteiger partial charge in [-0.25, -0.2) is 8.42 Å². The number of carbonyl (C=O) groups is 1. The lowest BCUT2D eigenvalue weighted by molar-refractivity contribution is -0.120. The van der Waals surface area contributed by atoms with Gasteiger partial charge in [-0.2, -0.15) is 0 Å². The van der Waals surface area contributed by atoms with E-state index in [0.29, 0.717) is 6.54 Å². The van der Waals surface area contributed by atoms with Gasteiger partial charge in [-0.1, -0.05) is 19.3 Å². The molecule has 24 heavy (non-hydrogen) atoms. The van der Waals surface area contributed by atoms with Gasteiger partial charge in [0.1, 0.15) is 5.75 Å². The minimum absolute atomic E-state index is 0.0385. The molecular weight excluding hydrogens is 328 g/mol. The molecule has 0 unspecified atom stereocenters. The average molecular weight is 361 g/mol. The smallest absolute Gasteiger partial charge is 0.235 e. The molecular formula is C17H32N2O4S. The number of rotatable bonds is 5. The molecule has 1 saturated heterocycles. The second kappa shape index (κ2) is 7.70. The lowest BCUT2D eigenvalue weighted by Gasteiger charge is -2.48. The lowest BCUT2D eigenvalue weighted by Crippen LogP contribution is -2.60. The van der Waals surface area contributed by atoms with Crippen LogP contribution in [-0.2, 0) is 19.4 Å². The summed E-state index contributed by atoms with van der Waals surface area (Å²) in [4.78, 5) is 14.7. The van der Waals surface area contributed by atoms with Crippen molar-refractivity contribution < 1.29 is 17.9 Å². The molecule has 6 nitrogen and oxygen atoms in total. The van der Waals surface area contributed by atoms with Gasteiger partial charge < -0.3 is 10.1 Å². The molecule has 1 aliphatic heterocycles. The summed E-state index contributed by atoms with van der Waals surface area (Å²) in [7, 11) is -3.44. The van der Waals surface area contributed by atoms with Crippen LogP contribution in [0.4, 0.5) is 0 Å². The zero-order valence-corrected chi connectivity index (χ0v) is 16.1. The Bertz CT molecular complexity index is 527. The van der Waals surface area contributed by atoms with E-state index in [9.17, 15) is 13.2 Å². The molecule has 1 aliphatic carbocycles. The summed E-state index contributed by atoms with van der Waals surface area (Å²) in [5.74, 6) is -0.821. The van der Waals surface area contributed by atoms with Crippen LogP contribution < -0.4 is 5.32 Å². The maximum atomic E-state index is 12.2. The zero-order valence-electron chi connectivity index (χ0n) is 15.3. The Morgan fingerprint density at radius 3 is 2.25 bits per heavy atom. The number of ether oxygens (including phenoxy) is 1. The van der Waals surface area contributed by atoms with Crippen molar-refractivity contribution >= 4 is 15.7 Å². The Hall–Kier alpha value is -0.660. The van der Waals surface area contributed by atoms with Crippen LogP contribution >= 0.6 is 0 Å². The molecule has 0 aromatic rings. The summed E-state index contributed by atoms with van der Waals surface area (Å²) in [6, 6.07) is 0. The Balaban J connectivity index is 1.99. The summed E-state index contributed by atoms with van der Waals surface area (Å²) in [6.07, 6.45) is 5.66. The number of nitrogens with zero attached hydrogens (tertiary/aromatic N) is 1. The van der Waals surface area contributed by atoms with E-state index in [0.717, 1.165) is 52.0 Å². The van der Waals surface area contributed by atoms with Gasteiger partial charge in [-0.15, -0.1) is 0 Å². The lowest BCUT2D eigenvalue weighted by atomic mass is 9.79. The number of amides is 1. The molecule has 0 radical (unpaired) electrons. The Morgan fingerprint density at radius 2 is 1.71 bits per heavy atom. The molecule has 1 saturated carbocycles. The molecule has 2 rings (SSSR count). The molecule has 0 atom stereocenters. The first kappa shape index (κ1) is 19.7. The van der Waals surface area contributed by atoms with Gasteiger partial charge in [0.05, 0.1) is 18.0 Å². The standard InChI is InChI=1S/C17H32N2O4S/c1-16(2,3)24(21,22)13-15(20)18-14-17(7-5-4-6-8-17)19-9-11-23-12-10-19/h4-14H2,1-3H3,(H,18,20). The van der Waals surface area contributed by atoms with Crippen LogP contribution in [0.5, 0.6) is 0 Å². The van der Waals surface area contributed by atoms with Gasteiger partial charge >= 0.3 is 0 Å².